The topological polar surface area (TPSA) is 84.2 Å². The third-order valence-electron chi connectivity index (χ3n) is 6.36. The molecule has 1 saturated heterocycles. The molecule has 3 aromatic rings. The summed E-state index contributed by atoms with van der Waals surface area (Å²) < 4.78 is 1.69. The molecule has 0 N–H and O–H groups in total. The minimum Gasteiger partial charge on any atom is -0.334 e. The average Bonchev–Trinajstić information content (AvgIpc) is 3.48. The number of aromatic nitrogens is 4. The second kappa shape index (κ2) is 8.53. The molecule has 0 spiro atoms. The van der Waals surface area contributed by atoms with Crippen molar-refractivity contribution in [1.29, 1.82) is 0 Å². The number of nitrogens with zero attached hydrogens (tertiary/aromatic N) is 6. The molecule has 1 aromatic carbocycles. The highest BCUT2D eigenvalue weighted by atomic mass is 16.2. The van der Waals surface area contributed by atoms with Gasteiger partial charge >= 0.3 is 0 Å². The van der Waals surface area contributed by atoms with Crippen molar-refractivity contribution >= 4 is 11.8 Å². The van der Waals surface area contributed by atoms with Gasteiger partial charge in [0.25, 0.3) is 11.8 Å². The molecular formula is C24H26N6O2. The fourth-order valence-electron chi connectivity index (χ4n) is 4.67. The van der Waals surface area contributed by atoms with Crippen molar-refractivity contribution in [2.24, 2.45) is 0 Å². The Morgan fingerprint density at radius 3 is 2.78 bits per heavy atom. The Kier molecular flexibility index (Phi) is 5.43. The Balaban J connectivity index is 1.26. The molecule has 2 amide bonds. The lowest BCUT2D eigenvalue weighted by Crippen LogP contribution is -2.38. The largest absolute Gasteiger partial charge is 0.334 e. The number of pyridine rings is 1. The third kappa shape index (κ3) is 4.00. The van der Waals surface area contributed by atoms with E-state index in [2.05, 4.69) is 27.4 Å². The lowest BCUT2D eigenvalue weighted by atomic mass is 10.00. The van der Waals surface area contributed by atoms with Crippen LogP contribution in [0.25, 0.3) is 0 Å². The van der Waals surface area contributed by atoms with E-state index in [1.165, 1.54) is 11.1 Å². The number of amides is 2. The Labute approximate surface area is 186 Å². The summed E-state index contributed by atoms with van der Waals surface area (Å²) in [5.74, 6) is -0.0845. The zero-order valence-corrected chi connectivity index (χ0v) is 18.1. The quantitative estimate of drug-likeness (QED) is 0.635. The summed E-state index contributed by atoms with van der Waals surface area (Å²) in [4.78, 5) is 33.9. The smallest absolute Gasteiger partial charge is 0.276 e. The molecule has 0 unspecified atom stereocenters. The summed E-state index contributed by atoms with van der Waals surface area (Å²) in [6, 6.07) is 11.8. The van der Waals surface area contributed by atoms with Gasteiger partial charge in [-0.25, -0.2) is 4.68 Å². The van der Waals surface area contributed by atoms with E-state index in [1.807, 2.05) is 34.9 Å². The zero-order chi connectivity index (χ0) is 22.1. The molecule has 8 heteroatoms. The summed E-state index contributed by atoms with van der Waals surface area (Å²) in [5.41, 5.74) is 4.32. The highest BCUT2D eigenvalue weighted by Gasteiger charge is 2.31. The minimum atomic E-state index is -0.0997. The molecule has 2 aromatic heterocycles. The SMILES string of the molecule is Cc1cc(C(=O)N2CCC[C@H]2Cn2cc(C(=O)N3CCc4ccccc4C3)nn2)ccn1. The number of fused-ring (bicyclic) bond motifs is 1. The summed E-state index contributed by atoms with van der Waals surface area (Å²) >= 11 is 0. The number of carbonyl (C=O) groups is 2. The van der Waals surface area contributed by atoms with Crippen LogP contribution in [-0.4, -0.2) is 60.7 Å². The number of hydrogen-bond acceptors (Lipinski definition) is 5. The first kappa shape index (κ1) is 20.4. The highest BCUT2D eigenvalue weighted by Crippen LogP contribution is 2.23. The summed E-state index contributed by atoms with van der Waals surface area (Å²) in [7, 11) is 0. The summed E-state index contributed by atoms with van der Waals surface area (Å²) in [6.45, 7) is 4.40. The van der Waals surface area contributed by atoms with Crippen LogP contribution in [0.1, 0.15) is 50.5 Å². The fraction of sp³-hybridized carbons (Fsp3) is 0.375. The van der Waals surface area contributed by atoms with E-state index in [-0.39, 0.29) is 17.9 Å². The molecule has 8 nitrogen and oxygen atoms in total. The van der Waals surface area contributed by atoms with Crippen molar-refractivity contribution in [3.8, 4) is 0 Å². The normalized spacial score (nSPS) is 18.0. The van der Waals surface area contributed by atoms with Gasteiger partial charge < -0.3 is 9.80 Å². The van der Waals surface area contributed by atoms with E-state index in [1.54, 1.807) is 23.1 Å². The molecule has 1 fully saturated rings. The van der Waals surface area contributed by atoms with E-state index < -0.39 is 0 Å². The van der Waals surface area contributed by atoms with Crippen LogP contribution in [0.4, 0.5) is 0 Å². The molecule has 164 valence electrons. The Morgan fingerprint density at radius 1 is 1.09 bits per heavy atom. The van der Waals surface area contributed by atoms with Gasteiger partial charge in [-0.2, -0.15) is 0 Å². The molecule has 32 heavy (non-hydrogen) atoms. The molecule has 4 heterocycles. The van der Waals surface area contributed by atoms with E-state index >= 15 is 0 Å². The van der Waals surface area contributed by atoms with Crippen LogP contribution >= 0.6 is 0 Å². The van der Waals surface area contributed by atoms with Gasteiger partial charge in [0.2, 0.25) is 0 Å². The van der Waals surface area contributed by atoms with Gasteiger partial charge in [0.15, 0.2) is 5.69 Å². The fourth-order valence-corrected chi connectivity index (χ4v) is 4.67. The van der Waals surface area contributed by atoms with Crippen molar-refractivity contribution in [2.45, 2.75) is 45.3 Å². The number of benzene rings is 1. The zero-order valence-electron chi connectivity index (χ0n) is 18.1. The van der Waals surface area contributed by atoms with Crippen LogP contribution in [-0.2, 0) is 19.5 Å². The number of likely N-dealkylation sites (tertiary alicyclic amines) is 1. The average molecular weight is 431 g/mol. The van der Waals surface area contributed by atoms with Gasteiger partial charge in [-0.1, -0.05) is 29.5 Å². The van der Waals surface area contributed by atoms with Crippen LogP contribution in [0.3, 0.4) is 0 Å². The maximum atomic E-state index is 13.0. The van der Waals surface area contributed by atoms with Gasteiger partial charge in [-0.05, 0) is 49.4 Å². The highest BCUT2D eigenvalue weighted by molar-refractivity contribution is 5.94. The molecule has 2 aliphatic rings. The maximum Gasteiger partial charge on any atom is 0.276 e. The molecule has 0 aliphatic carbocycles. The van der Waals surface area contributed by atoms with Crippen molar-refractivity contribution in [3.63, 3.8) is 0 Å². The Morgan fingerprint density at radius 2 is 1.94 bits per heavy atom. The second-order valence-electron chi connectivity index (χ2n) is 8.55. The van der Waals surface area contributed by atoms with Gasteiger partial charge in [0, 0.05) is 37.1 Å². The first-order valence-corrected chi connectivity index (χ1v) is 11.1. The lowest BCUT2D eigenvalue weighted by molar-refractivity contribution is 0.0714. The van der Waals surface area contributed by atoms with Gasteiger partial charge in [-0.15, -0.1) is 5.10 Å². The monoisotopic (exact) mass is 430 g/mol. The first-order valence-electron chi connectivity index (χ1n) is 11.1. The van der Waals surface area contributed by atoms with Crippen LogP contribution in [0.2, 0.25) is 0 Å². The molecule has 2 aliphatic heterocycles. The van der Waals surface area contributed by atoms with Crippen LogP contribution in [0, 0.1) is 6.92 Å². The molecule has 0 saturated carbocycles. The van der Waals surface area contributed by atoms with E-state index in [0.29, 0.717) is 30.9 Å². The van der Waals surface area contributed by atoms with E-state index in [4.69, 9.17) is 0 Å². The minimum absolute atomic E-state index is 0.0152. The summed E-state index contributed by atoms with van der Waals surface area (Å²) in [5, 5.41) is 8.33. The van der Waals surface area contributed by atoms with Crippen molar-refractivity contribution in [3.05, 3.63) is 76.9 Å². The van der Waals surface area contributed by atoms with E-state index in [9.17, 15) is 9.59 Å². The predicted molar refractivity (Wildman–Crippen MR) is 118 cm³/mol. The molecule has 0 radical (unpaired) electrons. The Hall–Kier alpha value is -3.55. The molecule has 5 rings (SSSR count). The van der Waals surface area contributed by atoms with Gasteiger partial charge in [0.05, 0.1) is 18.8 Å². The number of carbonyl (C=O) groups excluding carboxylic acids is 2. The molecular weight excluding hydrogens is 404 g/mol. The third-order valence-corrected chi connectivity index (χ3v) is 6.36. The molecule has 0 bridgehead atoms. The van der Waals surface area contributed by atoms with Crippen molar-refractivity contribution < 1.29 is 9.59 Å². The van der Waals surface area contributed by atoms with Crippen LogP contribution in [0.15, 0.2) is 48.8 Å². The number of aryl methyl sites for hydroxylation is 1. The maximum absolute atomic E-state index is 13.0. The number of rotatable bonds is 4. The van der Waals surface area contributed by atoms with Gasteiger partial charge in [0.1, 0.15) is 0 Å². The lowest BCUT2D eigenvalue weighted by Gasteiger charge is -2.28. The Bertz CT molecular complexity index is 1160. The van der Waals surface area contributed by atoms with E-state index in [0.717, 1.165) is 31.5 Å². The van der Waals surface area contributed by atoms with Crippen LogP contribution < -0.4 is 0 Å². The summed E-state index contributed by atoms with van der Waals surface area (Å²) in [6.07, 6.45) is 6.09. The van der Waals surface area contributed by atoms with Crippen molar-refractivity contribution in [1.82, 2.24) is 29.8 Å². The molecule has 1 atom stereocenters. The number of hydrogen-bond donors (Lipinski definition) is 0. The second-order valence-corrected chi connectivity index (χ2v) is 8.55. The standard InChI is InChI=1S/C24H26N6O2/c1-17-13-19(8-10-25-17)23(31)30-11-4-7-21(30)15-29-16-22(26-27-29)24(32)28-12-9-18-5-2-3-6-20(18)14-28/h2-3,5-6,8,10,13,16,21H,4,7,9,11-12,14-15H2,1H3/t21-/m0/s1. The first-order chi connectivity index (χ1) is 15.6. The predicted octanol–water partition coefficient (Wildman–Crippen LogP) is 2.48. The van der Waals surface area contributed by atoms with Gasteiger partial charge in [-0.3, -0.25) is 14.6 Å². The van der Waals surface area contributed by atoms with Crippen molar-refractivity contribution in [2.75, 3.05) is 13.1 Å². The van der Waals surface area contributed by atoms with Crippen LogP contribution in [0.5, 0.6) is 0 Å².